The number of alkyl halides is 3. The van der Waals surface area contributed by atoms with Crippen molar-refractivity contribution in [2.75, 3.05) is 24.4 Å². The minimum absolute atomic E-state index is 0.0557. The molecule has 10 heteroatoms. The average Bonchev–Trinajstić information content (AvgIpc) is 2.92. The molecule has 1 aliphatic rings. The lowest BCUT2D eigenvalue weighted by atomic mass is 9.99. The molecule has 40 heavy (non-hydrogen) atoms. The van der Waals surface area contributed by atoms with E-state index in [9.17, 15) is 26.0 Å². The van der Waals surface area contributed by atoms with Gasteiger partial charge >= 0.3 is 6.18 Å². The summed E-state index contributed by atoms with van der Waals surface area (Å²) in [7, 11) is -4.01. The third kappa shape index (κ3) is 7.97. The number of benzene rings is 3. The molecule has 0 aliphatic carbocycles. The van der Waals surface area contributed by atoms with Gasteiger partial charge in [-0.05, 0) is 72.4 Å². The number of sulfonamides is 1. The molecule has 0 aromatic heterocycles. The van der Waals surface area contributed by atoms with E-state index in [0.29, 0.717) is 44.8 Å². The van der Waals surface area contributed by atoms with Crippen LogP contribution in [-0.2, 0) is 35.6 Å². The molecule has 5 nitrogen and oxygen atoms in total. The number of fused-ring (bicyclic) bond motifs is 1. The van der Waals surface area contributed by atoms with Gasteiger partial charge in [-0.25, -0.2) is 12.8 Å². The number of nitrogens with one attached hydrogen (secondary N) is 1. The molecule has 0 saturated heterocycles. The molecule has 3 aromatic carbocycles. The second-order valence-corrected chi connectivity index (χ2v) is 11.7. The Kier molecular flexibility index (Phi) is 9.73. The molecule has 3 aromatic rings. The second kappa shape index (κ2) is 13.0. The Labute approximate surface area is 233 Å². The zero-order valence-corrected chi connectivity index (χ0v) is 23.3. The van der Waals surface area contributed by atoms with Crippen LogP contribution in [0.3, 0.4) is 0 Å². The highest BCUT2D eigenvalue weighted by Crippen LogP contribution is 2.30. The van der Waals surface area contributed by atoms with Gasteiger partial charge in [0.1, 0.15) is 5.75 Å². The number of nitrogens with zero attached hydrogens (tertiary/aromatic N) is 1. The lowest BCUT2D eigenvalue weighted by Crippen LogP contribution is -2.32. The van der Waals surface area contributed by atoms with Crippen molar-refractivity contribution in [1.82, 2.24) is 4.90 Å². The van der Waals surface area contributed by atoms with Gasteiger partial charge in [0.2, 0.25) is 0 Å². The SMILES string of the molecule is CCCCCCOc1ccc(NS(=O)(=O)c2ccc3c(c2)CCN(CCc2ccc(C(F)(F)F)cc2)C3)c(F)c1. The van der Waals surface area contributed by atoms with Crippen LogP contribution < -0.4 is 9.46 Å². The smallest absolute Gasteiger partial charge is 0.416 e. The zero-order chi connectivity index (χ0) is 28.8. The summed E-state index contributed by atoms with van der Waals surface area (Å²) < 4.78 is 86.9. The van der Waals surface area contributed by atoms with Crippen molar-refractivity contribution >= 4 is 15.7 Å². The van der Waals surface area contributed by atoms with Crippen molar-refractivity contribution in [3.63, 3.8) is 0 Å². The van der Waals surface area contributed by atoms with Crippen LogP contribution in [0.15, 0.2) is 65.6 Å². The maximum Gasteiger partial charge on any atom is 0.416 e. The minimum atomic E-state index is -4.35. The first-order valence-corrected chi connectivity index (χ1v) is 15.0. The van der Waals surface area contributed by atoms with E-state index < -0.39 is 27.6 Å². The predicted octanol–water partition coefficient (Wildman–Crippen LogP) is 7.21. The Hall–Kier alpha value is -3.11. The van der Waals surface area contributed by atoms with Crippen LogP contribution in [0.2, 0.25) is 0 Å². The molecule has 0 fully saturated rings. The maximum atomic E-state index is 14.6. The lowest BCUT2D eigenvalue weighted by molar-refractivity contribution is -0.137. The van der Waals surface area contributed by atoms with E-state index in [0.717, 1.165) is 54.5 Å². The van der Waals surface area contributed by atoms with Crippen molar-refractivity contribution in [3.8, 4) is 5.75 Å². The molecule has 1 aliphatic heterocycles. The summed E-state index contributed by atoms with van der Waals surface area (Å²) in [6, 6.07) is 14.2. The van der Waals surface area contributed by atoms with E-state index in [2.05, 4.69) is 16.5 Å². The minimum Gasteiger partial charge on any atom is -0.493 e. The van der Waals surface area contributed by atoms with Gasteiger partial charge in [-0.15, -0.1) is 0 Å². The molecule has 0 radical (unpaired) electrons. The van der Waals surface area contributed by atoms with Gasteiger partial charge in [0.05, 0.1) is 22.8 Å². The highest BCUT2D eigenvalue weighted by molar-refractivity contribution is 7.92. The summed E-state index contributed by atoms with van der Waals surface area (Å²) in [6.07, 6.45) is 1.03. The van der Waals surface area contributed by atoms with Crippen LogP contribution in [0.5, 0.6) is 5.75 Å². The number of unbranched alkanes of at least 4 members (excludes halogenated alkanes) is 3. The van der Waals surface area contributed by atoms with Crippen LogP contribution in [0.25, 0.3) is 0 Å². The van der Waals surface area contributed by atoms with E-state index >= 15 is 0 Å². The Morgan fingerprint density at radius 2 is 1.73 bits per heavy atom. The summed E-state index contributed by atoms with van der Waals surface area (Å²) in [6.45, 7) is 4.57. The Balaban J connectivity index is 1.33. The van der Waals surface area contributed by atoms with Gasteiger partial charge in [0.15, 0.2) is 5.82 Å². The number of hydrogen-bond acceptors (Lipinski definition) is 4. The summed E-state index contributed by atoms with van der Waals surface area (Å²) in [4.78, 5) is 2.25. The van der Waals surface area contributed by atoms with Crippen LogP contribution >= 0.6 is 0 Å². The van der Waals surface area contributed by atoms with Crippen molar-refractivity contribution in [2.24, 2.45) is 0 Å². The van der Waals surface area contributed by atoms with Gasteiger partial charge in [0.25, 0.3) is 10.0 Å². The summed E-state index contributed by atoms with van der Waals surface area (Å²) in [5.74, 6) is -0.357. The van der Waals surface area contributed by atoms with Crippen LogP contribution in [0.1, 0.15) is 54.9 Å². The van der Waals surface area contributed by atoms with Gasteiger partial charge in [0, 0.05) is 25.7 Å². The fraction of sp³-hybridized carbons (Fsp3) is 0.400. The van der Waals surface area contributed by atoms with E-state index in [-0.39, 0.29) is 10.6 Å². The van der Waals surface area contributed by atoms with E-state index in [1.165, 1.54) is 30.3 Å². The summed E-state index contributed by atoms with van der Waals surface area (Å²) >= 11 is 0. The van der Waals surface area contributed by atoms with Gasteiger partial charge < -0.3 is 4.74 Å². The molecule has 0 atom stereocenters. The van der Waals surface area contributed by atoms with Crippen LogP contribution in [0, 0.1) is 5.82 Å². The fourth-order valence-electron chi connectivity index (χ4n) is 4.68. The molecular weight excluding hydrogens is 544 g/mol. The molecular formula is C30H34F4N2O3S. The Morgan fingerprint density at radius 1 is 0.950 bits per heavy atom. The second-order valence-electron chi connectivity index (χ2n) is 10.1. The van der Waals surface area contributed by atoms with Crippen LogP contribution in [-0.4, -0.2) is 33.0 Å². The van der Waals surface area contributed by atoms with E-state index in [1.807, 2.05) is 0 Å². The zero-order valence-electron chi connectivity index (χ0n) is 22.4. The van der Waals surface area contributed by atoms with Crippen molar-refractivity contribution in [2.45, 2.75) is 63.1 Å². The Morgan fingerprint density at radius 3 is 2.42 bits per heavy atom. The van der Waals surface area contributed by atoms with Crippen molar-refractivity contribution in [1.29, 1.82) is 0 Å². The Bertz CT molecular complexity index is 1390. The molecule has 0 spiro atoms. The standard InChI is InChI=1S/C30H34F4N2O3S/c1-2-3-4-5-18-39-26-11-13-29(28(31)20-26)35-40(37,38)27-12-8-24-21-36(17-15-23(24)19-27)16-14-22-6-9-25(10-7-22)30(32,33)34/h6-13,19-20,35H,2-5,14-18,21H2,1H3. The summed E-state index contributed by atoms with van der Waals surface area (Å²) in [5, 5.41) is 0. The van der Waals surface area contributed by atoms with Gasteiger partial charge in [-0.2, -0.15) is 13.2 Å². The lowest BCUT2D eigenvalue weighted by Gasteiger charge is -2.29. The molecule has 0 amide bonds. The fourth-order valence-corrected chi connectivity index (χ4v) is 5.80. The maximum absolute atomic E-state index is 14.6. The normalized spacial score (nSPS) is 14.1. The number of halogens is 4. The van der Waals surface area contributed by atoms with Crippen molar-refractivity contribution < 1.29 is 30.7 Å². The molecule has 0 bridgehead atoms. The quantitative estimate of drug-likeness (QED) is 0.182. The average molecular weight is 579 g/mol. The van der Waals surface area contributed by atoms with Crippen molar-refractivity contribution in [3.05, 3.63) is 88.7 Å². The van der Waals surface area contributed by atoms with E-state index in [4.69, 9.17) is 4.74 Å². The molecule has 4 rings (SSSR count). The predicted molar refractivity (Wildman–Crippen MR) is 147 cm³/mol. The first kappa shape index (κ1) is 29.9. The number of anilines is 1. The molecule has 216 valence electrons. The highest BCUT2D eigenvalue weighted by Gasteiger charge is 2.30. The van der Waals surface area contributed by atoms with Crippen LogP contribution in [0.4, 0.5) is 23.2 Å². The first-order valence-electron chi connectivity index (χ1n) is 13.5. The monoisotopic (exact) mass is 578 g/mol. The third-order valence-electron chi connectivity index (χ3n) is 7.03. The number of hydrogen-bond donors (Lipinski definition) is 1. The molecule has 1 N–H and O–H groups in total. The highest BCUT2D eigenvalue weighted by atomic mass is 32.2. The number of ether oxygens (including phenoxy) is 1. The molecule has 0 saturated carbocycles. The largest absolute Gasteiger partial charge is 0.493 e. The topological polar surface area (TPSA) is 58.6 Å². The molecule has 0 unspecified atom stereocenters. The van der Waals surface area contributed by atoms with Gasteiger partial charge in [-0.1, -0.05) is 44.4 Å². The van der Waals surface area contributed by atoms with E-state index in [1.54, 1.807) is 18.2 Å². The number of rotatable bonds is 12. The van der Waals surface area contributed by atoms with Gasteiger partial charge in [-0.3, -0.25) is 9.62 Å². The first-order chi connectivity index (χ1) is 19.0. The molecule has 1 heterocycles. The summed E-state index contributed by atoms with van der Waals surface area (Å²) in [5.41, 5.74) is 1.91. The third-order valence-corrected chi connectivity index (χ3v) is 8.39.